The lowest BCUT2D eigenvalue weighted by Crippen LogP contribution is -2.22. The Kier molecular flexibility index (Phi) is 9.14. The fraction of sp³-hybridized carbons (Fsp3) is 0.227. The van der Waals surface area contributed by atoms with E-state index in [1.165, 1.54) is 7.11 Å². The molecule has 0 bridgehead atoms. The fourth-order valence-electron chi connectivity index (χ4n) is 3.66. The largest absolute Gasteiger partial charge is 0.506 e. The number of rotatable bonds is 7. The number of nitrogens with two attached hydrogens (primary N) is 2. The second-order valence-electron chi connectivity index (χ2n) is 6.94. The summed E-state index contributed by atoms with van der Waals surface area (Å²) >= 11 is 3.58. The molecule has 0 aliphatic heterocycles. The molecule has 0 aliphatic carbocycles. The first-order valence-electron chi connectivity index (χ1n) is 9.82. The Labute approximate surface area is 214 Å². The van der Waals surface area contributed by atoms with Gasteiger partial charge in [-0.25, -0.2) is 14.0 Å². The van der Waals surface area contributed by atoms with Crippen LogP contribution in [0.4, 0.5) is 0 Å². The molecular formula is C22H24BrClN4O5S. The average molecular weight is 572 g/mol. The molecule has 0 atom stereocenters. The fourth-order valence-corrected chi connectivity index (χ4v) is 4.70. The molecule has 0 fully saturated rings. The van der Waals surface area contributed by atoms with Crippen molar-refractivity contribution in [3.63, 3.8) is 0 Å². The molecule has 5 N–H and O–H groups in total. The van der Waals surface area contributed by atoms with Gasteiger partial charge < -0.3 is 30.6 Å². The molecule has 2 aromatic carbocycles. The van der Waals surface area contributed by atoms with Crippen molar-refractivity contribution in [2.75, 3.05) is 13.7 Å². The van der Waals surface area contributed by atoms with Crippen molar-refractivity contribution in [1.29, 1.82) is 0 Å². The zero-order valence-corrected chi connectivity index (χ0v) is 21.8. The molecule has 1 heterocycles. The second kappa shape index (κ2) is 11.4. The monoisotopic (exact) mass is 570 g/mol. The number of benzene rings is 2. The zero-order valence-electron chi connectivity index (χ0n) is 18.6. The highest BCUT2D eigenvalue weighted by molar-refractivity contribution is 9.10. The summed E-state index contributed by atoms with van der Waals surface area (Å²) in [6.07, 6.45) is 0. The molecule has 182 valence electrons. The van der Waals surface area contributed by atoms with Gasteiger partial charge in [-0.15, -0.1) is 12.4 Å². The number of hydrogen-bond donors (Lipinski definition) is 3. The molecule has 0 saturated carbocycles. The zero-order chi connectivity index (χ0) is 24.3. The Hall–Kier alpha value is -3.02. The van der Waals surface area contributed by atoms with Gasteiger partial charge in [0.25, 0.3) is 0 Å². The Morgan fingerprint density at radius 3 is 2.56 bits per heavy atom. The van der Waals surface area contributed by atoms with Gasteiger partial charge in [-0.2, -0.15) is 0 Å². The highest BCUT2D eigenvalue weighted by atomic mass is 79.9. The number of aliphatic imine (C=N–C) groups is 1. The van der Waals surface area contributed by atoms with Gasteiger partial charge in [0, 0.05) is 23.6 Å². The summed E-state index contributed by atoms with van der Waals surface area (Å²) in [4.78, 5) is 17.5. The van der Waals surface area contributed by atoms with Crippen molar-refractivity contribution in [3.05, 3.63) is 57.2 Å². The number of phenols is 1. The van der Waals surface area contributed by atoms with E-state index in [0.29, 0.717) is 37.9 Å². The van der Waals surface area contributed by atoms with Crippen molar-refractivity contribution in [2.24, 2.45) is 23.5 Å². The summed E-state index contributed by atoms with van der Waals surface area (Å²) in [6, 6.07) is 8.68. The Bertz CT molecular complexity index is 1330. The molecule has 0 unspecified atom stereocenters. The second-order valence-corrected chi connectivity index (χ2v) is 8.37. The molecule has 0 aliphatic rings. The normalized spacial score (nSPS) is 10.4. The first-order chi connectivity index (χ1) is 15.8. The van der Waals surface area contributed by atoms with Crippen LogP contribution in [0.5, 0.6) is 11.5 Å². The lowest BCUT2D eigenvalue weighted by molar-refractivity contribution is 0.0528. The van der Waals surface area contributed by atoms with Crippen molar-refractivity contribution in [1.82, 2.24) is 4.57 Å². The van der Waals surface area contributed by atoms with E-state index < -0.39 is 5.97 Å². The molecule has 3 rings (SSSR count). The first-order valence-corrected chi connectivity index (χ1v) is 11.4. The summed E-state index contributed by atoms with van der Waals surface area (Å²) in [5.74, 6) is -0.468. The van der Waals surface area contributed by atoms with E-state index >= 15 is 0 Å². The van der Waals surface area contributed by atoms with Crippen LogP contribution >= 0.6 is 28.3 Å². The third-order valence-corrected chi connectivity index (χ3v) is 6.25. The van der Waals surface area contributed by atoms with Crippen LogP contribution in [-0.4, -0.2) is 44.4 Å². The van der Waals surface area contributed by atoms with Crippen molar-refractivity contribution in [3.8, 4) is 11.5 Å². The number of nitrogens with zero attached hydrogens (tertiary/aromatic N) is 2. The average Bonchev–Trinajstić information content (AvgIpc) is 3.07. The SMILES string of the molecule is CCOC(=O)c1c(C(=S=O)c2ccccc2OC)n(C)c2cc(Br)c(O)c(CN=C(N)N)c12.Cl. The number of aryl methyl sites for hydroxylation is 1. The molecule has 12 heteroatoms. The number of aromatic hydroxyl groups is 1. The standard InChI is InChI=1S/C22H23BrN4O5S.ClH/c1-4-32-21(29)17-16-12(10-26-22(24)25)19(28)13(23)9-14(16)27(2)18(17)20(33-30)11-7-5-6-8-15(11)31-3;/h5-9,28H,4,10H2,1-3H3,(H4,24,25,26);1H. The predicted octanol–water partition coefficient (Wildman–Crippen LogP) is 2.81. The highest BCUT2D eigenvalue weighted by Crippen LogP contribution is 2.40. The van der Waals surface area contributed by atoms with Crippen molar-refractivity contribution < 1.29 is 23.6 Å². The van der Waals surface area contributed by atoms with E-state index in [9.17, 15) is 14.1 Å². The molecule has 0 spiro atoms. The Morgan fingerprint density at radius 1 is 1.29 bits per heavy atom. The van der Waals surface area contributed by atoms with Crippen LogP contribution < -0.4 is 16.2 Å². The minimum absolute atomic E-state index is 0. The number of methoxy groups -OCH3 is 1. The quantitative estimate of drug-likeness (QED) is 0.130. The number of guanidine groups is 1. The van der Waals surface area contributed by atoms with Crippen LogP contribution in [0.15, 0.2) is 39.8 Å². The molecule has 1 aromatic heterocycles. The van der Waals surface area contributed by atoms with Gasteiger partial charge in [-0.1, -0.05) is 12.1 Å². The number of ether oxygens (including phenoxy) is 2. The summed E-state index contributed by atoms with van der Waals surface area (Å²) < 4.78 is 25.3. The molecular weight excluding hydrogens is 548 g/mol. The van der Waals surface area contributed by atoms with Crippen molar-refractivity contribution >= 4 is 67.3 Å². The smallest absolute Gasteiger partial charge is 0.341 e. The van der Waals surface area contributed by atoms with Crippen LogP contribution in [0.25, 0.3) is 10.9 Å². The van der Waals surface area contributed by atoms with Gasteiger partial charge in [0.2, 0.25) is 0 Å². The van der Waals surface area contributed by atoms with E-state index in [2.05, 4.69) is 20.9 Å². The van der Waals surface area contributed by atoms with Crippen molar-refractivity contribution in [2.45, 2.75) is 13.5 Å². The van der Waals surface area contributed by atoms with Crippen LogP contribution in [0.3, 0.4) is 0 Å². The van der Waals surface area contributed by atoms with E-state index in [1.54, 1.807) is 48.9 Å². The van der Waals surface area contributed by atoms with E-state index in [4.69, 9.17) is 20.9 Å². The maximum atomic E-state index is 13.2. The number of phenolic OH excluding ortho intramolecular Hbond substituents is 1. The molecule has 9 nitrogen and oxygen atoms in total. The summed E-state index contributed by atoms with van der Waals surface area (Å²) in [7, 11) is 3.22. The number of hydrogen-bond acceptors (Lipinski definition) is 6. The Balaban J connectivity index is 0.00000408. The van der Waals surface area contributed by atoms with Crippen LogP contribution in [0.2, 0.25) is 0 Å². The molecule has 0 saturated heterocycles. The number of aromatic nitrogens is 1. The van der Waals surface area contributed by atoms with E-state index in [0.717, 1.165) is 0 Å². The number of para-hydroxylation sites is 1. The maximum Gasteiger partial charge on any atom is 0.341 e. The van der Waals surface area contributed by atoms with Gasteiger partial charge in [0.1, 0.15) is 16.4 Å². The predicted molar refractivity (Wildman–Crippen MR) is 139 cm³/mol. The summed E-state index contributed by atoms with van der Waals surface area (Å²) in [5, 5.41) is 11.2. The topological polar surface area (TPSA) is 142 Å². The van der Waals surface area contributed by atoms with Crippen LogP contribution in [0, 0.1) is 0 Å². The molecule has 34 heavy (non-hydrogen) atoms. The third-order valence-electron chi connectivity index (χ3n) is 5.07. The van der Waals surface area contributed by atoms with E-state index in [1.807, 2.05) is 0 Å². The number of halogens is 2. The Morgan fingerprint density at radius 2 is 1.97 bits per heavy atom. The highest BCUT2D eigenvalue weighted by Gasteiger charge is 2.30. The van der Waals surface area contributed by atoms with Gasteiger partial charge in [-0.05, 0) is 41.1 Å². The number of esters is 1. The van der Waals surface area contributed by atoms with E-state index in [-0.39, 0.29) is 59.0 Å². The lowest BCUT2D eigenvalue weighted by Gasteiger charge is -2.12. The number of fused-ring (bicyclic) bond motifs is 1. The minimum atomic E-state index is -0.646. The van der Waals surface area contributed by atoms with Crippen LogP contribution in [-0.2, 0) is 29.6 Å². The molecule has 0 amide bonds. The molecule has 0 radical (unpaired) electrons. The van der Waals surface area contributed by atoms with Gasteiger partial charge in [-0.3, -0.25) is 0 Å². The summed E-state index contributed by atoms with van der Waals surface area (Å²) in [6.45, 7) is 1.72. The summed E-state index contributed by atoms with van der Waals surface area (Å²) in [5.41, 5.74) is 12.9. The number of carbonyl (C=O) groups excluding carboxylic acids is 1. The first kappa shape index (κ1) is 27.2. The third kappa shape index (κ3) is 4.91. The van der Waals surface area contributed by atoms with Gasteiger partial charge >= 0.3 is 5.97 Å². The molecule has 3 aromatic rings. The number of carbonyl (C=O) groups is 1. The lowest BCUT2D eigenvalue weighted by atomic mass is 10.00. The maximum absolute atomic E-state index is 13.2. The minimum Gasteiger partial charge on any atom is -0.506 e. The van der Waals surface area contributed by atoms with Gasteiger partial charge in [0.15, 0.2) is 5.96 Å². The van der Waals surface area contributed by atoms with Gasteiger partial charge in [0.05, 0.1) is 52.8 Å². The van der Waals surface area contributed by atoms with Crippen LogP contribution in [0.1, 0.15) is 34.1 Å².